The molecule has 0 N–H and O–H groups in total. The van der Waals surface area contributed by atoms with E-state index in [1.54, 1.807) is 11.3 Å². The summed E-state index contributed by atoms with van der Waals surface area (Å²) in [5, 5.41) is 1.95. The van der Waals surface area contributed by atoms with E-state index < -0.39 is 10.1 Å². The second-order valence-corrected chi connectivity index (χ2v) is 6.85. The molecule has 0 bridgehead atoms. The first-order chi connectivity index (χ1) is 8.37. The minimum Gasteiger partial charge on any atom is -0.493 e. The van der Waals surface area contributed by atoms with Crippen LogP contribution in [0.3, 0.4) is 0 Å². The van der Waals surface area contributed by atoms with Gasteiger partial charge in [-0.2, -0.15) is 8.42 Å². The van der Waals surface area contributed by atoms with E-state index in [0.29, 0.717) is 13.0 Å². The first-order valence-electron chi connectivity index (χ1n) is 5.56. The van der Waals surface area contributed by atoms with Gasteiger partial charge in [0.15, 0.2) is 0 Å². The molecule has 0 atom stereocenters. The Balaban J connectivity index is 2.21. The van der Waals surface area contributed by atoms with E-state index in [2.05, 4.69) is 9.08 Å². The largest absolute Gasteiger partial charge is 0.493 e. The van der Waals surface area contributed by atoms with Crippen molar-refractivity contribution in [2.45, 2.75) is 13.0 Å². The van der Waals surface area contributed by atoms with Crippen molar-refractivity contribution in [3.05, 3.63) is 16.3 Å². The van der Waals surface area contributed by atoms with Crippen LogP contribution in [0.5, 0.6) is 5.75 Å². The van der Waals surface area contributed by atoms with E-state index in [1.165, 1.54) is 4.88 Å². The second kappa shape index (κ2) is 7.08. The van der Waals surface area contributed by atoms with Crippen LogP contribution in [0.4, 0.5) is 0 Å². The lowest BCUT2D eigenvalue weighted by atomic mass is 10.4. The maximum atomic E-state index is 10.7. The highest BCUT2D eigenvalue weighted by Crippen LogP contribution is 2.22. The summed E-state index contributed by atoms with van der Waals surface area (Å²) in [4.78, 5) is 3.33. The summed E-state index contributed by atoms with van der Waals surface area (Å²) in [6, 6.07) is 2.00. The molecule has 0 fully saturated rings. The molecule has 7 heteroatoms. The maximum absolute atomic E-state index is 10.7. The molecule has 0 radical (unpaired) electrons. The second-order valence-electron chi connectivity index (χ2n) is 4.21. The molecule has 0 aliphatic rings. The SMILES string of the molecule is CN(C)Cc1cc(OCCCOS(C)(=O)=O)cs1. The van der Waals surface area contributed by atoms with Crippen LogP contribution >= 0.6 is 11.3 Å². The van der Waals surface area contributed by atoms with Gasteiger partial charge in [-0.25, -0.2) is 0 Å². The predicted molar refractivity (Wildman–Crippen MR) is 72.6 cm³/mol. The molecule has 0 saturated heterocycles. The Morgan fingerprint density at radius 2 is 2.06 bits per heavy atom. The Kier molecular flexibility index (Phi) is 6.07. The lowest BCUT2D eigenvalue weighted by Gasteiger charge is -2.06. The lowest BCUT2D eigenvalue weighted by molar-refractivity contribution is 0.252. The van der Waals surface area contributed by atoms with Gasteiger partial charge in [0.05, 0.1) is 19.5 Å². The van der Waals surface area contributed by atoms with Crippen LogP contribution in [0.15, 0.2) is 11.4 Å². The van der Waals surface area contributed by atoms with E-state index in [4.69, 9.17) is 4.74 Å². The fraction of sp³-hybridized carbons (Fsp3) is 0.636. The average molecular weight is 293 g/mol. The summed E-state index contributed by atoms with van der Waals surface area (Å²) >= 11 is 1.65. The molecule has 1 aromatic rings. The van der Waals surface area contributed by atoms with Gasteiger partial charge in [0.2, 0.25) is 0 Å². The third-order valence-corrected chi connectivity index (χ3v) is 3.45. The third kappa shape index (κ3) is 6.95. The fourth-order valence-corrected chi connectivity index (χ4v) is 2.63. The normalized spacial score (nSPS) is 12.0. The lowest BCUT2D eigenvalue weighted by Crippen LogP contribution is -2.09. The number of hydrogen-bond donors (Lipinski definition) is 0. The van der Waals surface area contributed by atoms with E-state index >= 15 is 0 Å². The number of rotatable bonds is 8. The molecule has 1 heterocycles. The van der Waals surface area contributed by atoms with Crippen molar-refractivity contribution in [3.63, 3.8) is 0 Å². The molecular formula is C11H19NO4S2. The first kappa shape index (κ1) is 15.4. The number of nitrogens with zero attached hydrogens (tertiary/aromatic N) is 1. The van der Waals surface area contributed by atoms with Crippen molar-refractivity contribution in [2.24, 2.45) is 0 Å². The van der Waals surface area contributed by atoms with Gasteiger partial charge in [-0.3, -0.25) is 4.18 Å². The van der Waals surface area contributed by atoms with Gasteiger partial charge in [-0.05, 0) is 20.2 Å². The number of thiophene rings is 1. The van der Waals surface area contributed by atoms with Crippen LogP contribution in [0.1, 0.15) is 11.3 Å². The van der Waals surface area contributed by atoms with Crippen LogP contribution < -0.4 is 4.74 Å². The maximum Gasteiger partial charge on any atom is 0.264 e. The van der Waals surface area contributed by atoms with Crippen LogP contribution in [0.25, 0.3) is 0 Å². The van der Waals surface area contributed by atoms with E-state index in [1.807, 2.05) is 25.5 Å². The smallest absolute Gasteiger partial charge is 0.264 e. The quantitative estimate of drug-likeness (QED) is 0.538. The van der Waals surface area contributed by atoms with Gasteiger partial charge in [0, 0.05) is 23.2 Å². The zero-order valence-electron chi connectivity index (χ0n) is 10.9. The average Bonchev–Trinajstić information content (AvgIpc) is 2.62. The predicted octanol–water partition coefficient (Wildman–Crippen LogP) is 1.55. The highest BCUT2D eigenvalue weighted by atomic mass is 32.2. The molecule has 0 aliphatic carbocycles. The van der Waals surface area contributed by atoms with Gasteiger partial charge in [-0.15, -0.1) is 11.3 Å². The molecule has 1 rings (SSSR count). The standard InChI is InChI=1S/C11H19NO4S2/c1-12(2)8-11-7-10(9-17-11)15-5-4-6-16-18(3,13)14/h7,9H,4-6,8H2,1-3H3. The van der Waals surface area contributed by atoms with Crippen molar-refractivity contribution in [2.75, 3.05) is 33.6 Å². The molecule has 0 amide bonds. The number of hydrogen-bond acceptors (Lipinski definition) is 6. The topological polar surface area (TPSA) is 55.8 Å². The fourth-order valence-electron chi connectivity index (χ4n) is 1.29. The Hall–Kier alpha value is -0.630. The van der Waals surface area contributed by atoms with E-state index in [-0.39, 0.29) is 6.61 Å². The molecule has 5 nitrogen and oxygen atoms in total. The van der Waals surface area contributed by atoms with Crippen molar-refractivity contribution < 1.29 is 17.3 Å². The monoisotopic (exact) mass is 293 g/mol. The Labute approximate surface area is 112 Å². The summed E-state index contributed by atoms with van der Waals surface area (Å²) in [5.41, 5.74) is 0. The molecular weight excluding hydrogens is 274 g/mol. The molecule has 104 valence electrons. The summed E-state index contributed by atoms with van der Waals surface area (Å²) in [7, 11) is 0.696. The van der Waals surface area contributed by atoms with Crippen molar-refractivity contribution >= 4 is 21.5 Å². The minimum atomic E-state index is -3.34. The molecule has 0 spiro atoms. The van der Waals surface area contributed by atoms with Gasteiger partial charge >= 0.3 is 0 Å². The zero-order valence-corrected chi connectivity index (χ0v) is 12.5. The Morgan fingerprint density at radius 1 is 1.33 bits per heavy atom. The minimum absolute atomic E-state index is 0.160. The first-order valence-corrected chi connectivity index (χ1v) is 8.26. The van der Waals surface area contributed by atoms with Crippen LogP contribution in [-0.4, -0.2) is 46.9 Å². The van der Waals surface area contributed by atoms with Gasteiger partial charge < -0.3 is 9.64 Å². The van der Waals surface area contributed by atoms with Crippen LogP contribution in [0, 0.1) is 0 Å². The number of ether oxygens (including phenoxy) is 1. The Morgan fingerprint density at radius 3 is 2.67 bits per heavy atom. The van der Waals surface area contributed by atoms with Crippen molar-refractivity contribution in [1.82, 2.24) is 4.90 Å². The molecule has 0 aromatic carbocycles. The summed E-state index contributed by atoms with van der Waals surface area (Å²) in [6.07, 6.45) is 1.59. The highest BCUT2D eigenvalue weighted by molar-refractivity contribution is 7.85. The molecule has 1 aromatic heterocycles. The Bertz CT molecular complexity index is 453. The molecule has 0 saturated carbocycles. The summed E-state index contributed by atoms with van der Waals surface area (Å²) < 4.78 is 31.5. The summed E-state index contributed by atoms with van der Waals surface area (Å²) in [6.45, 7) is 1.51. The van der Waals surface area contributed by atoms with Crippen molar-refractivity contribution in [3.8, 4) is 5.75 Å². The molecule has 0 aliphatic heterocycles. The van der Waals surface area contributed by atoms with Crippen LogP contribution in [0.2, 0.25) is 0 Å². The van der Waals surface area contributed by atoms with Gasteiger partial charge in [-0.1, -0.05) is 0 Å². The highest BCUT2D eigenvalue weighted by Gasteiger charge is 2.03. The van der Waals surface area contributed by atoms with Gasteiger partial charge in [0.1, 0.15) is 5.75 Å². The van der Waals surface area contributed by atoms with Crippen LogP contribution in [-0.2, 0) is 20.8 Å². The van der Waals surface area contributed by atoms with E-state index in [0.717, 1.165) is 18.6 Å². The van der Waals surface area contributed by atoms with Crippen molar-refractivity contribution in [1.29, 1.82) is 0 Å². The van der Waals surface area contributed by atoms with E-state index in [9.17, 15) is 8.42 Å². The summed E-state index contributed by atoms with van der Waals surface area (Å²) in [5.74, 6) is 0.830. The van der Waals surface area contributed by atoms with Gasteiger partial charge in [0.25, 0.3) is 10.1 Å². The molecule has 0 unspecified atom stereocenters. The molecule has 18 heavy (non-hydrogen) atoms. The zero-order chi connectivity index (χ0) is 13.6. The third-order valence-electron chi connectivity index (χ3n) is 1.96.